The van der Waals surface area contributed by atoms with Crippen molar-refractivity contribution in [2.75, 3.05) is 24.3 Å². The Labute approximate surface area is 132 Å². The van der Waals surface area contributed by atoms with Crippen molar-refractivity contribution in [2.24, 2.45) is 0 Å². The van der Waals surface area contributed by atoms with Gasteiger partial charge < -0.3 is 15.8 Å². The van der Waals surface area contributed by atoms with Crippen LogP contribution in [-0.4, -0.2) is 24.1 Å². The maximum absolute atomic E-state index is 11.8. The first-order valence-electron chi connectivity index (χ1n) is 6.38. The highest BCUT2D eigenvalue weighted by Gasteiger charge is 2.07. The molecule has 0 fully saturated rings. The van der Waals surface area contributed by atoms with E-state index in [1.165, 1.54) is 4.88 Å². The van der Waals surface area contributed by atoms with Gasteiger partial charge in [0.2, 0.25) is 5.91 Å². The number of aryl methyl sites for hydroxylation is 1. The number of hydrogen-bond acceptors (Lipinski definition) is 5. The number of carbonyl (C=O) groups excluding carboxylic acids is 1. The first-order chi connectivity index (χ1) is 10.1. The molecule has 0 aliphatic heterocycles. The van der Waals surface area contributed by atoms with Gasteiger partial charge in [-0.15, -0.1) is 11.3 Å². The maximum atomic E-state index is 11.8. The number of benzene rings is 1. The number of thiazole rings is 1. The summed E-state index contributed by atoms with van der Waals surface area (Å²) in [6, 6.07) is 4.92. The third kappa shape index (κ3) is 4.70. The van der Waals surface area contributed by atoms with E-state index in [2.05, 4.69) is 10.3 Å². The zero-order valence-electron chi connectivity index (χ0n) is 11.6. The summed E-state index contributed by atoms with van der Waals surface area (Å²) in [6.07, 6.45) is 0.753. The molecule has 0 spiro atoms. The average Bonchev–Trinajstić information content (AvgIpc) is 2.84. The minimum atomic E-state index is -0.259. The standard InChI is InChI=1S/C14H16ClN3O2S/c1-9-13(21-8-17-9)4-5-20-7-14(19)18-12-6-10(15)2-3-11(12)16/h2-3,6,8H,4-5,7,16H2,1H3,(H,18,19). The Morgan fingerprint density at radius 2 is 2.33 bits per heavy atom. The summed E-state index contributed by atoms with van der Waals surface area (Å²) < 4.78 is 5.36. The molecule has 0 atom stereocenters. The zero-order chi connectivity index (χ0) is 15.2. The lowest BCUT2D eigenvalue weighted by atomic mass is 10.2. The number of halogens is 1. The molecule has 1 aromatic heterocycles. The SMILES string of the molecule is Cc1ncsc1CCOCC(=O)Nc1cc(Cl)ccc1N. The minimum absolute atomic E-state index is 0.0240. The third-order valence-electron chi connectivity index (χ3n) is 2.84. The number of rotatable bonds is 6. The van der Waals surface area contributed by atoms with Crippen LogP contribution in [0.2, 0.25) is 5.02 Å². The molecule has 3 N–H and O–H groups in total. The van der Waals surface area contributed by atoms with Gasteiger partial charge >= 0.3 is 0 Å². The Morgan fingerprint density at radius 3 is 3.05 bits per heavy atom. The molecule has 1 aromatic carbocycles. The number of anilines is 2. The van der Waals surface area contributed by atoms with Crippen molar-refractivity contribution < 1.29 is 9.53 Å². The molecule has 0 aliphatic rings. The van der Waals surface area contributed by atoms with Crippen LogP contribution in [0.1, 0.15) is 10.6 Å². The Kier molecular flexibility index (Phi) is 5.55. The number of nitrogens with zero attached hydrogens (tertiary/aromatic N) is 1. The molecule has 0 radical (unpaired) electrons. The molecule has 7 heteroatoms. The monoisotopic (exact) mass is 325 g/mol. The van der Waals surface area contributed by atoms with E-state index in [1.807, 2.05) is 6.92 Å². The quantitative estimate of drug-likeness (QED) is 0.632. The van der Waals surface area contributed by atoms with Crippen LogP contribution in [0.15, 0.2) is 23.7 Å². The fourth-order valence-corrected chi connectivity index (χ4v) is 2.65. The molecule has 5 nitrogen and oxygen atoms in total. The van der Waals surface area contributed by atoms with Crippen molar-refractivity contribution in [3.05, 3.63) is 39.3 Å². The van der Waals surface area contributed by atoms with Crippen molar-refractivity contribution in [3.63, 3.8) is 0 Å². The second-order valence-corrected chi connectivity index (χ2v) is 5.82. The topological polar surface area (TPSA) is 77.2 Å². The Balaban J connectivity index is 1.75. The summed E-state index contributed by atoms with van der Waals surface area (Å²) in [5.41, 5.74) is 9.53. The Morgan fingerprint density at radius 1 is 1.52 bits per heavy atom. The lowest BCUT2D eigenvalue weighted by molar-refractivity contribution is -0.120. The molecular weight excluding hydrogens is 310 g/mol. The second-order valence-electron chi connectivity index (χ2n) is 4.44. The number of ether oxygens (including phenoxy) is 1. The normalized spacial score (nSPS) is 10.6. The van der Waals surface area contributed by atoms with E-state index in [0.29, 0.717) is 23.0 Å². The van der Waals surface area contributed by atoms with Crippen LogP contribution in [0, 0.1) is 6.92 Å². The van der Waals surface area contributed by atoms with Gasteiger partial charge in [-0.3, -0.25) is 4.79 Å². The van der Waals surface area contributed by atoms with Gasteiger partial charge in [0.1, 0.15) is 6.61 Å². The van der Waals surface area contributed by atoms with E-state index in [1.54, 1.807) is 35.0 Å². The summed E-state index contributed by atoms with van der Waals surface area (Å²) in [6.45, 7) is 2.41. The fraction of sp³-hybridized carbons (Fsp3) is 0.286. The molecule has 1 amide bonds. The first kappa shape index (κ1) is 15.8. The highest BCUT2D eigenvalue weighted by Crippen LogP contribution is 2.22. The number of nitrogens with two attached hydrogens (primary N) is 1. The predicted molar refractivity (Wildman–Crippen MR) is 85.9 cm³/mol. The van der Waals surface area contributed by atoms with E-state index < -0.39 is 0 Å². The van der Waals surface area contributed by atoms with Crippen molar-refractivity contribution >= 4 is 40.2 Å². The zero-order valence-corrected chi connectivity index (χ0v) is 13.1. The smallest absolute Gasteiger partial charge is 0.250 e. The Bertz CT molecular complexity index is 630. The van der Waals surface area contributed by atoms with E-state index >= 15 is 0 Å². The molecule has 1 heterocycles. The minimum Gasteiger partial charge on any atom is -0.397 e. The van der Waals surface area contributed by atoms with Crippen molar-refractivity contribution in [3.8, 4) is 0 Å². The van der Waals surface area contributed by atoms with Gasteiger partial charge in [-0.25, -0.2) is 4.98 Å². The largest absolute Gasteiger partial charge is 0.397 e. The van der Waals surface area contributed by atoms with Crippen LogP contribution in [-0.2, 0) is 16.0 Å². The maximum Gasteiger partial charge on any atom is 0.250 e. The average molecular weight is 326 g/mol. The van der Waals surface area contributed by atoms with Gasteiger partial charge in [-0.1, -0.05) is 11.6 Å². The van der Waals surface area contributed by atoms with Gasteiger partial charge in [0, 0.05) is 16.3 Å². The number of carbonyl (C=O) groups is 1. The van der Waals surface area contributed by atoms with Gasteiger partial charge in [0.05, 0.1) is 29.2 Å². The molecule has 21 heavy (non-hydrogen) atoms. The van der Waals surface area contributed by atoms with Crippen LogP contribution in [0.3, 0.4) is 0 Å². The molecule has 0 saturated carbocycles. The fourth-order valence-electron chi connectivity index (χ4n) is 1.72. The molecule has 0 saturated heterocycles. The van der Waals surface area contributed by atoms with Crippen molar-refractivity contribution in [2.45, 2.75) is 13.3 Å². The van der Waals surface area contributed by atoms with Crippen LogP contribution in [0.5, 0.6) is 0 Å². The van der Waals surface area contributed by atoms with Crippen LogP contribution >= 0.6 is 22.9 Å². The lowest BCUT2D eigenvalue weighted by Crippen LogP contribution is -2.19. The highest BCUT2D eigenvalue weighted by atomic mass is 35.5. The summed E-state index contributed by atoms with van der Waals surface area (Å²) in [5, 5.41) is 3.19. The number of amides is 1. The van der Waals surface area contributed by atoms with Gasteiger partial charge in [-0.05, 0) is 25.1 Å². The molecular formula is C14H16ClN3O2S. The third-order valence-corrected chi connectivity index (χ3v) is 4.07. The number of nitrogens with one attached hydrogen (secondary N) is 1. The predicted octanol–water partition coefficient (Wildman–Crippen LogP) is 2.88. The molecule has 2 aromatic rings. The summed E-state index contributed by atoms with van der Waals surface area (Å²) in [7, 11) is 0. The number of hydrogen-bond donors (Lipinski definition) is 2. The van der Waals surface area contributed by atoms with Crippen molar-refractivity contribution in [1.82, 2.24) is 4.98 Å². The molecule has 112 valence electrons. The first-order valence-corrected chi connectivity index (χ1v) is 7.63. The van der Waals surface area contributed by atoms with Gasteiger partial charge in [0.25, 0.3) is 0 Å². The number of nitrogen functional groups attached to an aromatic ring is 1. The Hall–Kier alpha value is -1.63. The van der Waals surface area contributed by atoms with E-state index in [0.717, 1.165) is 12.1 Å². The van der Waals surface area contributed by atoms with Gasteiger partial charge in [-0.2, -0.15) is 0 Å². The highest BCUT2D eigenvalue weighted by molar-refractivity contribution is 7.09. The molecule has 2 rings (SSSR count). The van der Waals surface area contributed by atoms with Crippen LogP contribution in [0.25, 0.3) is 0 Å². The van der Waals surface area contributed by atoms with E-state index in [-0.39, 0.29) is 12.5 Å². The molecule has 0 bridgehead atoms. The van der Waals surface area contributed by atoms with Crippen molar-refractivity contribution in [1.29, 1.82) is 0 Å². The van der Waals surface area contributed by atoms with Crippen LogP contribution in [0.4, 0.5) is 11.4 Å². The lowest BCUT2D eigenvalue weighted by Gasteiger charge is -2.09. The summed E-state index contributed by atoms with van der Waals surface area (Å²) >= 11 is 7.45. The van der Waals surface area contributed by atoms with E-state index in [4.69, 9.17) is 22.1 Å². The summed E-state index contributed by atoms with van der Waals surface area (Å²) in [4.78, 5) is 17.1. The second kappa shape index (κ2) is 7.40. The summed E-state index contributed by atoms with van der Waals surface area (Å²) in [5.74, 6) is -0.259. The van der Waals surface area contributed by atoms with E-state index in [9.17, 15) is 4.79 Å². The van der Waals surface area contributed by atoms with Crippen LogP contribution < -0.4 is 11.1 Å². The molecule has 0 aliphatic carbocycles. The number of aromatic nitrogens is 1. The molecule has 0 unspecified atom stereocenters. The van der Waals surface area contributed by atoms with Gasteiger partial charge in [0.15, 0.2) is 0 Å².